The summed E-state index contributed by atoms with van der Waals surface area (Å²) in [6.07, 6.45) is 2.67. The van der Waals surface area contributed by atoms with Crippen LogP contribution in [-0.2, 0) is 0 Å². The van der Waals surface area contributed by atoms with Gasteiger partial charge in [0.2, 0.25) is 0 Å². The average molecular weight is 144 g/mol. The van der Waals surface area contributed by atoms with E-state index in [1.807, 2.05) is 0 Å². The van der Waals surface area contributed by atoms with Crippen molar-refractivity contribution in [1.82, 2.24) is 5.32 Å². The molecular weight excluding hydrogens is 130 g/mol. The molecule has 0 bridgehead atoms. The van der Waals surface area contributed by atoms with E-state index in [0.717, 1.165) is 12.6 Å². The minimum Gasteiger partial charge on any atom is -0.314 e. The van der Waals surface area contributed by atoms with Crippen molar-refractivity contribution in [1.29, 1.82) is 0 Å². The van der Waals surface area contributed by atoms with Gasteiger partial charge < -0.3 is 5.32 Å². The van der Waals surface area contributed by atoms with E-state index >= 15 is 0 Å². The highest BCUT2D eigenvalue weighted by molar-refractivity contribution is 7.99. The normalized spacial score (nSPS) is 22.3. The van der Waals surface area contributed by atoms with E-state index in [1.54, 1.807) is 0 Å². The zero-order valence-corrected chi connectivity index (χ0v) is 6.54. The largest absolute Gasteiger partial charge is 0.314 e. The van der Waals surface area contributed by atoms with Crippen molar-refractivity contribution in [2.45, 2.75) is 18.9 Å². The Morgan fingerprint density at radius 1 is 1.44 bits per heavy atom. The maximum atomic E-state index is 3.76. The summed E-state index contributed by atoms with van der Waals surface area (Å²) in [6.45, 7) is 4.65. The molecule has 1 fully saturated rings. The second-order valence-corrected chi connectivity index (χ2v) is 3.57. The molecule has 1 aliphatic rings. The molecule has 1 saturated heterocycles. The summed E-state index contributed by atoms with van der Waals surface area (Å²) in [4.78, 5) is 0. The maximum absolute atomic E-state index is 3.76. The molecular formula is C7H14NS. The lowest BCUT2D eigenvalue weighted by molar-refractivity contribution is 0.507. The van der Waals surface area contributed by atoms with Crippen LogP contribution in [0.2, 0.25) is 0 Å². The van der Waals surface area contributed by atoms with Crippen molar-refractivity contribution >= 4 is 11.8 Å². The highest BCUT2D eigenvalue weighted by Gasteiger charge is 2.10. The molecule has 9 heavy (non-hydrogen) atoms. The third-order valence-electron chi connectivity index (χ3n) is 1.65. The van der Waals surface area contributed by atoms with Gasteiger partial charge in [-0.3, -0.25) is 0 Å². The van der Waals surface area contributed by atoms with Gasteiger partial charge in [0, 0.05) is 6.04 Å². The molecule has 53 valence electrons. The summed E-state index contributed by atoms with van der Waals surface area (Å²) in [6, 6.07) is 0.767. The highest BCUT2D eigenvalue weighted by atomic mass is 32.2. The summed E-state index contributed by atoms with van der Waals surface area (Å²) in [5.41, 5.74) is 0. The van der Waals surface area contributed by atoms with Gasteiger partial charge in [-0.15, -0.1) is 0 Å². The third-order valence-corrected chi connectivity index (χ3v) is 2.70. The minimum atomic E-state index is 0.767. The first kappa shape index (κ1) is 7.42. The molecule has 0 unspecified atom stereocenters. The number of hydrogen-bond acceptors (Lipinski definition) is 2. The molecule has 1 aliphatic heterocycles. The topological polar surface area (TPSA) is 12.0 Å². The van der Waals surface area contributed by atoms with Crippen LogP contribution in [0.15, 0.2) is 0 Å². The third kappa shape index (κ3) is 2.59. The van der Waals surface area contributed by atoms with E-state index in [1.165, 1.54) is 24.3 Å². The summed E-state index contributed by atoms with van der Waals surface area (Å²) >= 11 is 2.06. The van der Waals surface area contributed by atoms with E-state index < -0.39 is 0 Å². The van der Waals surface area contributed by atoms with Crippen molar-refractivity contribution in [3.63, 3.8) is 0 Å². The summed E-state index contributed by atoms with van der Waals surface area (Å²) in [5.74, 6) is 2.66. The zero-order valence-electron chi connectivity index (χ0n) is 5.73. The number of hydrogen-bond donors (Lipinski definition) is 1. The van der Waals surface area contributed by atoms with Gasteiger partial charge in [-0.2, -0.15) is 11.8 Å². The van der Waals surface area contributed by atoms with Gasteiger partial charge in [-0.1, -0.05) is 0 Å². The Morgan fingerprint density at radius 2 is 2.11 bits per heavy atom. The van der Waals surface area contributed by atoms with Crippen LogP contribution >= 0.6 is 11.8 Å². The molecule has 0 aromatic heterocycles. The predicted molar refractivity (Wildman–Crippen MR) is 43.7 cm³/mol. The standard InChI is InChI=1S/C7H14NS/c1-2-8-7-3-5-9-6-4-7/h7-8H,1-6H2. The second-order valence-electron chi connectivity index (χ2n) is 2.34. The predicted octanol–water partition coefficient (Wildman–Crippen LogP) is 1.31. The van der Waals surface area contributed by atoms with Gasteiger partial charge in [0.05, 0.1) is 0 Å². The molecule has 0 spiro atoms. The van der Waals surface area contributed by atoms with Crippen molar-refractivity contribution in [3.8, 4) is 0 Å². The fourth-order valence-electron chi connectivity index (χ4n) is 1.11. The van der Waals surface area contributed by atoms with Gasteiger partial charge in [0.1, 0.15) is 0 Å². The van der Waals surface area contributed by atoms with E-state index in [9.17, 15) is 0 Å². The number of rotatable bonds is 2. The Hall–Kier alpha value is 0.310. The Bertz CT molecular complexity index is 66.6. The first-order valence-electron chi connectivity index (χ1n) is 3.54. The van der Waals surface area contributed by atoms with Gasteiger partial charge in [-0.25, -0.2) is 0 Å². The minimum absolute atomic E-state index is 0.767. The van der Waals surface area contributed by atoms with E-state index in [4.69, 9.17) is 0 Å². The number of nitrogens with one attached hydrogen (secondary N) is 1. The molecule has 0 aliphatic carbocycles. The Labute approximate surface area is 61.6 Å². The van der Waals surface area contributed by atoms with Gasteiger partial charge in [-0.05, 0) is 37.8 Å². The molecule has 1 heterocycles. The lowest BCUT2D eigenvalue weighted by Gasteiger charge is -2.21. The van der Waals surface area contributed by atoms with Gasteiger partial charge >= 0.3 is 0 Å². The van der Waals surface area contributed by atoms with Crippen molar-refractivity contribution < 1.29 is 0 Å². The van der Waals surface area contributed by atoms with Gasteiger partial charge in [0.25, 0.3) is 0 Å². The monoisotopic (exact) mass is 144 g/mol. The maximum Gasteiger partial charge on any atom is 0.00827 e. The Kier molecular flexibility index (Phi) is 3.44. The average Bonchev–Trinajstić information content (AvgIpc) is 1.91. The molecule has 1 radical (unpaired) electrons. The van der Waals surface area contributed by atoms with Crippen LogP contribution in [0.4, 0.5) is 0 Å². The fourth-order valence-corrected chi connectivity index (χ4v) is 2.21. The molecule has 2 heteroatoms. The van der Waals surface area contributed by atoms with Crippen molar-refractivity contribution in [3.05, 3.63) is 6.92 Å². The molecule has 0 amide bonds. The van der Waals surface area contributed by atoms with Crippen LogP contribution in [0.1, 0.15) is 12.8 Å². The lowest BCUT2D eigenvalue weighted by Crippen LogP contribution is -2.32. The first-order chi connectivity index (χ1) is 4.43. The Balaban J connectivity index is 2.08. The smallest absolute Gasteiger partial charge is 0.00827 e. The molecule has 0 aromatic rings. The Morgan fingerprint density at radius 3 is 2.67 bits per heavy atom. The SMILES string of the molecule is [CH2]CNC1CCSCC1. The molecule has 1 N–H and O–H groups in total. The molecule has 0 atom stereocenters. The molecule has 1 rings (SSSR count). The van der Waals surface area contributed by atoms with Crippen LogP contribution < -0.4 is 5.32 Å². The summed E-state index contributed by atoms with van der Waals surface area (Å²) in [7, 11) is 0. The first-order valence-corrected chi connectivity index (χ1v) is 4.69. The quantitative estimate of drug-likeness (QED) is 0.627. The van der Waals surface area contributed by atoms with E-state index in [-0.39, 0.29) is 0 Å². The lowest BCUT2D eigenvalue weighted by atomic mass is 10.1. The second kappa shape index (κ2) is 4.18. The van der Waals surface area contributed by atoms with Crippen LogP contribution in [0.3, 0.4) is 0 Å². The fraction of sp³-hybridized carbons (Fsp3) is 0.857. The van der Waals surface area contributed by atoms with Crippen LogP contribution in [0, 0.1) is 6.92 Å². The summed E-state index contributed by atoms with van der Waals surface area (Å²) in [5, 5.41) is 3.36. The molecule has 1 nitrogen and oxygen atoms in total. The van der Waals surface area contributed by atoms with Crippen molar-refractivity contribution in [2.75, 3.05) is 18.1 Å². The van der Waals surface area contributed by atoms with Crippen LogP contribution in [0.5, 0.6) is 0 Å². The van der Waals surface area contributed by atoms with E-state index in [2.05, 4.69) is 24.0 Å². The van der Waals surface area contributed by atoms with Gasteiger partial charge in [0.15, 0.2) is 0 Å². The van der Waals surface area contributed by atoms with Crippen LogP contribution in [0.25, 0.3) is 0 Å². The van der Waals surface area contributed by atoms with Crippen LogP contribution in [-0.4, -0.2) is 24.1 Å². The highest BCUT2D eigenvalue weighted by Crippen LogP contribution is 2.16. The summed E-state index contributed by atoms with van der Waals surface area (Å²) < 4.78 is 0. The molecule has 0 saturated carbocycles. The number of thioether (sulfide) groups is 1. The molecule has 0 aromatic carbocycles. The van der Waals surface area contributed by atoms with Crippen molar-refractivity contribution in [2.24, 2.45) is 0 Å². The van der Waals surface area contributed by atoms with E-state index in [0.29, 0.717) is 0 Å². The zero-order chi connectivity index (χ0) is 6.53.